The van der Waals surface area contributed by atoms with Crippen molar-refractivity contribution >= 4 is 11.8 Å². The van der Waals surface area contributed by atoms with Crippen LogP contribution in [0.4, 0.5) is 4.39 Å². The van der Waals surface area contributed by atoms with E-state index in [0.717, 1.165) is 11.3 Å². The molecule has 152 valence electrons. The number of para-hydroxylation sites is 1. The molecule has 0 N–H and O–H groups in total. The number of aromatic nitrogens is 4. The van der Waals surface area contributed by atoms with Crippen molar-refractivity contribution in [1.82, 2.24) is 19.7 Å². The summed E-state index contributed by atoms with van der Waals surface area (Å²) in [6, 6.07) is 16.0. The fraction of sp³-hybridized carbons (Fsp3) is 0.136. The molecule has 6 nitrogen and oxygen atoms in total. The van der Waals surface area contributed by atoms with Crippen molar-refractivity contribution in [3.63, 3.8) is 0 Å². The summed E-state index contributed by atoms with van der Waals surface area (Å²) < 4.78 is 26.8. The van der Waals surface area contributed by atoms with Crippen LogP contribution in [0.15, 0.2) is 83.1 Å². The van der Waals surface area contributed by atoms with Crippen molar-refractivity contribution in [3.05, 3.63) is 90.9 Å². The highest BCUT2D eigenvalue weighted by molar-refractivity contribution is 7.98. The first-order chi connectivity index (χ1) is 14.7. The van der Waals surface area contributed by atoms with Gasteiger partial charge in [0.25, 0.3) is 0 Å². The fourth-order valence-electron chi connectivity index (χ4n) is 2.77. The number of nitrogens with zero attached hydrogens (tertiary/aromatic N) is 4. The van der Waals surface area contributed by atoms with Gasteiger partial charge in [-0.05, 0) is 24.3 Å². The Morgan fingerprint density at radius 2 is 1.90 bits per heavy atom. The third-order valence-electron chi connectivity index (χ3n) is 4.22. The molecule has 4 aromatic rings. The predicted octanol–water partition coefficient (Wildman–Crippen LogP) is 5.13. The molecular formula is C22H19FN4O2S. The van der Waals surface area contributed by atoms with Crippen molar-refractivity contribution in [2.24, 2.45) is 0 Å². The molecule has 2 heterocycles. The molecule has 0 spiro atoms. The zero-order valence-electron chi connectivity index (χ0n) is 16.1. The van der Waals surface area contributed by atoms with Crippen molar-refractivity contribution in [1.29, 1.82) is 0 Å². The summed E-state index contributed by atoms with van der Waals surface area (Å²) in [4.78, 5) is 4.53. The predicted molar refractivity (Wildman–Crippen MR) is 112 cm³/mol. The van der Waals surface area contributed by atoms with Crippen LogP contribution in [0.25, 0.3) is 11.5 Å². The van der Waals surface area contributed by atoms with E-state index in [9.17, 15) is 4.39 Å². The summed E-state index contributed by atoms with van der Waals surface area (Å²) in [5.74, 6) is 1.50. The first-order valence-electron chi connectivity index (χ1n) is 9.27. The average Bonchev–Trinajstić information content (AvgIpc) is 3.40. The number of hydrogen-bond donors (Lipinski definition) is 0. The molecule has 0 fully saturated rings. The summed E-state index contributed by atoms with van der Waals surface area (Å²) in [5, 5.41) is 9.14. The lowest BCUT2D eigenvalue weighted by molar-refractivity contribution is 0.275. The van der Waals surface area contributed by atoms with Gasteiger partial charge < -0.3 is 9.15 Å². The minimum Gasteiger partial charge on any atom is -0.483 e. The summed E-state index contributed by atoms with van der Waals surface area (Å²) >= 11 is 1.48. The lowest BCUT2D eigenvalue weighted by Crippen LogP contribution is -2.08. The summed E-state index contributed by atoms with van der Waals surface area (Å²) in [7, 11) is 0. The highest BCUT2D eigenvalue weighted by atomic mass is 32.2. The largest absolute Gasteiger partial charge is 0.483 e. The van der Waals surface area contributed by atoms with Crippen LogP contribution >= 0.6 is 11.8 Å². The molecule has 0 aliphatic heterocycles. The van der Waals surface area contributed by atoms with Crippen molar-refractivity contribution in [2.45, 2.75) is 24.1 Å². The van der Waals surface area contributed by atoms with Gasteiger partial charge in [0, 0.05) is 17.9 Å². The van der Waals surface area contributed by atoms with Gasteiger partial charge in [-0.25, -0.2) is 9.37 Å². The van der Waals surface area contributed by atoms with Crippen LogP contribution in [-0.4, -0.2) is 19.7 Å². The van der Waals surface area contributed by atoms with Gasteiger partial charge in [0.1, 0.15) is 12.9 Å². The molecule has 0 radical (unpaired) electrons. The summed E-state index contributed by atoms with van der Waals surface area (Å²) in [5.41, 5.74) is 1.73. The van der Waals surface area contributed by atoms with E-state index in [2.05, 4.69) is 21.8 Å². The van der Waals surface area contributed by atoms with Crippen molar-refractivity contribution in [3.8, 4) is 17.2 Å². The van der Waals surface area contributed by atoms with Crippen LogP contribution in [0, 0.1) is 5.82 Å². The SMILES string of the molecule is C=CCn1c(COc2ccccc2F)nnc1SCc1coc(-c2ccccc2)n1. The Morgan fingerprint density at radius 1 is 1.10 bits per heavy atom. The molecule has 0 aliphatic rings. The third kappa shape index (κ3) is 4.60. The van der Waals surface area contributed by atoms with Crippen LogP contribution in [0.5, 0.6) is 5.75 Å². The molecule has 0 amide bonds. The molecule has 30 heavy (non-hydrogen) atoms. The van der Waals surface area contributed by atoms with E-state index in [1.165, 1.54) is 17.8 Å². The first kappa shape index (κ1) is 19.9. The summed E-state index contributed by atoms with van der Waals surface area (Å²) in [6.07, 6.45) is 3.40. The fourth-order valence-corrected chi connectivity index (χ4v) is 3.62. The Morgan fingerprint density at radius 3 is 2.70 bits per heavy atom. The van der Waals surface area contributed by atoms with Crippen LogP contribution < -0.4 is 4.74 Å². The number of hydrogen-bond acceptors (Lipinski definition) is 6. The molecular weight excluding hydrogens is 403 g/mol. The quantitative estimate of drug-likeness (QED) is 0.275. The van der Waals surface area contributed by atoms with E-state index in [0.29, 0.717) is 29.2 Å². The van der Waals surface area contributed by atoms with Gasteiger partial charge in [-0.15, -0.1) is 16.8 Å². The van der Waals surface area contributed by atoms with Crippen LogP contribution in [0.3, 0.4) is 0 Å². The molecule has 0 unspecified atom stereocenters. The Balaban J connectivity index is 1.44. The highest BCUT2D eigenvalue weighted by Crippen LogP contribution is 2.25. The first-order valence-corrected chi connectivity index (χ1v) is 10.3. The van der Waals surface area contributed by atoms with E-state index >= 15 is 0 Å². The zero-order chi connectivity index (χ0) is 20.8. The Kier molecular flexibility index (Phi) is 6.24. The zero-order valence-corrected chi connectivity index (χ0v) is 16.9. The van der Waals surface area contributed by atoms with Gasteiger partial charge in [0.2, 0.25) is 5.89 Å². The molecule has 0 saturated carbocycles. The molecule has 4 rings (SSSR count). The lowest BCUT2D eigenvalue weighted by atomic mass is 10.2. The molecule has 0 atom stereocenters. The third-order valence-corrected chi connectivity index (χ3v) is 5.22. The molecule has 2 aromatic carbocycles. The van der Waals surface area contributed by atoms with E-state index in [4.69, 9.17) is 9.15 Å². The average molecular weight is 422 g/mol. The number of allylic oxidation sites excluding steroid dienone is 1. The monoisotopic (exact) mass is 422 g/mol. The maximum Gasteiger partial charge on any atom is 0.226 e. The minimum atomic E-state index is -0.415. The molecule has 2 aromatic heterocycles. The summed E-state index contributed by atoms with van der Waals surface area (Å²) in [6.45, 7) is 4.41. The molecule has 8 heteroatoms. The smallest absolute Gasteiger partial charge is 0.226 e. The van der Waals surface area contributed by atoms with E-state index in [1.807, 2.05) is 34.9 Å². The van der Waals surface area contributed by atoms with Gasteiger partial charge in [-0.2, -0.15) is 0 Å². The Bertz CT molecular complexity index is 1130. The number of rotatable bonds is 9. The van der Waals surface area contributed by atoms with E-state index < -0.39 is 5.82 Å². The van der Waals surface area contributed by atoms with Crippen molar-refractivity contribution in [2.75, 3.05) is 0 Å². The number of halogens is 1. The molecule has 0 aliphatic carbocycles. The van der Waals surface area contributed by atoms with Gasteiger partial charge in [0.05, 0.1) is 5.69 Å². The minimum absolute atomic E-state index is 0.102. The maximum atomic E-state index is 13.8. The topological polar surface area (TPSA) is 66.0 Å². The van der Waals surface area contributed by atoms with Crippen LogP contribution in [0.2, 0.25) is 0 Å². The Labute approximate surface area is 177 Å². The number of ether oxygens (including phenoxy) is 1. The second kappa shape index (κ2) is 9.41. The number of oxazole rings is 1. The lowest BCUT2D eigenvalue weighted by Gasteiger charge is -2.09. The normalized spacial score (nSPS) is 10.8. The van der Waals surface area contributed by atoms with Gasteiger partial charge >= 0.3 is 0 Å². The van der Waals surface area contributed by atoms with Gasteiger partial charge in [0.15, 0.2) is 22.5 Å². The highest BCUT2D eigenvalue weighted by Gasteiger charge is 2.15. The van der Waals surface area contributed by atoms with E-state index in [1.54, 1.807) is 30.5 Å². The molecule has 0 bridgehead atoms. The maximum absolute atomic E-state index is 13.8. The van der Waals surface area contributed by atoms with Gasteiger partial charge in [-0.1, -0.05) is 48.2 Å². The number of thioether (sulfide) groups is 1. The second-order valence-corrected chi connectivity index (χ2v) is 7.26. The second-order valence-electron chi connectivity index (χ2n) is 6.32. The van der Waals surface area contributed by atoms with Gasteiger partial charge in [-0.3, -0.25) is 4.57 Å². The molecule has 0 saturated heterocycles. The van der Waals surface area contributed by atoms with Crippen LogP contribution in [-0.2, 0) is 18.9 Å². The van der Waals surface area contributed by atoms with Crippen LogP contribution in [0.1, 0.15) is 11.5 Å². The standard InChI is InChI=1S/C22H19FN4O2S/c1-2-12-27-20(14-28-19-11-7-6-10-18(19)23)25-26-22(27)30-15-17-13-29-21(24-17)16-8-4-3-5-9-16/h2-11,13H,1,12,14-15H2. The van der Waals surface area contributed by atoms with Crippen molar-refractivity contribution < 1.29 is 13.5 Å². The number of benzene rings is 2. The van der Waals surface area contributed by atoms with E-state index in [-0.39, 0.29) is 12.4 Å². The Hall–Kier alpha value is -3.39.